The Kier molecular flexibility index (Phi) is 8.74. The van der Waals surface area contributed by atoms with E-state index in [2.05, 4.69) is 15.1 Å². The lowest BCUT2D eigenvalue weighted by atomic mass is 9.77. The first-order valence-electron chi connectivity index (χ1n) is 17.0. The van der Waals surface area contributed by atoms with Crippen LogP contribution in [0.15, 0.2) is 46.6 Å². The number of fused-ring (bicyclic) bond motifs is 5. The third-order valence-corrected chi connectivity index (χ3v) is 9.60. The third-order valence-electron chi connectivity index (χ3n) is 9.60. The van der Waals surface area contributed by atoms with E-state index in [4.69, 9.17) is 19.8 Å². The van der Waals surface area contributed by atoms with E-state index in [1.807, 2.05) is 31.7 Å². The second-order valence-corrected chi connectivity index (χ2v) is 14.0. The number of amides is 2. The Hall–Kier alpha value is -5.74. The molecule has 52 heavy (non-hydrogen) atoms. The normalized spacial score (nSPS) is 18.3. The van der Waals surface area contributed by atoms with Crippen molar-refractivity contribution in [2.24, 2.45) is 5.16 Å². The molecule has 16 heteroatoms. The summed E-state index contributed by atoms with van der Waals surface area (Å²) in [6.45, 7) is 8.99. The van der Waals surface area contributed by atoms with Crippen molar-refractivity contribution in [2.75, 3.05) is 31.1 Å². The van der Waals surface area contributed by atoms with E-state index in [9.17, 15) is 24.3 Å². The lowest BCUT2D eigenvalue weighted by Crippen LogP contribution is -2.50. The summed E-state index contributed by atoms with van der Waals surface area (Å²) in [7, 11) is 0. The van der Waals surface area contributed by atoms with E-state index in [0.717, 1.165) is 5.56 Å². The summed E-state index contributed by atoms with van der Waals surface area (Å²) < 4.78 is 7.59. The number of carbonyl (C=O) groups excluding carboxylic acids is 3. The second kappa shape index (κ2) is 13.1. The van der Waals surface area contributed by atoms with E-state index in [0.29, 0.717) is 71.1 Å². The van der Waals surface area contributed by atoms with Crippen molar-refractivity contribution in [1.82, 2.24) is 29.9 Å². The molecule has 0 saturated carbocycles. The van der Waals surface area contributed by atoms with Crippen molar-refractivity contribution >= 4 is 40.8 Å². The molecule has 3 aliphatic rings. The van der Waals surface area contributed by atoms with Crippen molar-refractivity contribution in [3.63, 3.8) is 0 Å². The molecule has 16 nitrogen and oxygen atoms in total. The number of nitrogens with one attached hydrogen (secondary N) is 1. The zero-order valence-electron chi connectivity index (χ0n) is 29.2. The zero-order chi connectivity index (χ0) is 36.9. The average molecular weight is 711 g/mol. The zero-order valence-corrected chi connectivity index (χ0v) is 29.2. The predicted octanol–water partition coefficient (Wildman–Crippen LogP) is 2.92. The standard InChI is InChI=1S/C36H38N8O8/c1-5-36(49)25-15-27-30-20(19-44(27)32(47)22(25)6-9-29(36)45)14-23-24(18-39-52-35(2,3)4)28(8-7-26(23)40-30)51-34(48)43-12-10-42(11-13-43)33-37-16-21(17-38-33)31(46)41-50/h7-8,14-18,49-50H,5-6,9-13,19H2,1-4H3,(H,41,46)/b39-18-/t36-/m0/s1. The van der Waals surface area contributed by atoms with Crippen LogP contribution in [0.2, 0.25) is 0 Å². The van der Waals surface area contributed by atoms with Gasteiger partial charge in [-0.3, -0.25) is 19.6 Å². The summed E-state index contributed by atoms with van der Waals surface area (Å²) in [5, 5.41) is 25.0. The van der Waals surface area contributed by atoms with E-state index in [-0.39, 0.29) is 48.5 Å². The molecule has 1 fully saturated rings. The highest BCUT2D eigenvalue weighted by Gasteiger charge is 2.43. The highest BCUT2D eigenvalue weighted by molar-refractivity contribution is 6.03. The first-order valence-corrected chi connectivity index (χ1v) is 17.0. The maximum absolute atomic E-state index is 13.7. The number of hydrogen-bond donors (Lipinski definition) is 3. The van der Waals surface area contributed by atoms with Gasteiger partial charge in [0.2, 0.25) is 5.95 Å². The van der Waals surface area contributed by atoms with Crippen LogP contribution in [-0.4, -0.2) is 90.5 Å². The second-order valence-electron chi connectivity index (χ2n) is 14.0. The molecule has 7 rings (SSSR count). The molecule has 0 unspecified atom stereocenters. The number of piperazine rings is 1. The predicted molar refractivity (Wildman–Crippen MR) is 188 cm³/mol. The van der Waals surface area contributed by atoms with Gasteiger partial charge in [-0.15, -0.1) is 0 Å². The van der Waals surface area contributed by atoms with Crippen LogP contribution in [0.1, 0.15) is 73.1 Å². The summed E-state index contributed by atoms with van der Waals surface area (Å²) in [5.74, 6) is -0.393. The van der Waals surface area contributed by atoms with E-state index >= 15 is 0 Å². The Labute approximate surface area is 297 Å². The molecule has 1 saturated heterocycles. The number of hydroxylamine groups is 1. The van der Waals surface area contributed by atoms with Gasteiger partial charge in [-0.25, -0.2) is 25.2 Å². The van der Waals surface area contributed by atoms with E-state index in [1.165, 1.54) is 18.6 Å². The highest BCUT2D eigenvalue weighted by atomic mass is 16.6. The lowest BCUT2D eigenvalue weighted by molar-refractivity contribution is -0.140. The number of ketones is 1. The average Bonchev–Trinajstić information content (AvgIpc) is 3.50. The molecule has 0 spiro atoms. The third kappa shape index (κ3) is 6.13. The van der Waals surface area contributed by atoms with Crippen molar-refractivity contribution in [3.05, 3.63) is 74.8 Å². The number of aliphatic hydroxyl groups is 1. The molecule has 0 radical (unpaired) electrons. The van der Waals surface area contributed by atoms with Crippen molar-refractivity contribution in [2.45, 2.75) is 64.7 Å². The molecule has 4 aromatic rings. The summed E-state index contributed by atoms with van der Waals surface area (Å²) in [4.78, 5) is 74.0. The fraction of sp³-hybridized carbons (Fsp3) is 0.389. The number of nitrogens with zero attached hydrogens (tertiary/aromatic N) is 7. The van der Waals surface area contributed by atoms with Crippen LogP contribution in [0.4, 0.5) is 10.7 Å². The maximum Gasteiger partial charge on any atom is 0.415 e. The van der Waals surface area contributed by atoms with Gasteiger partial charge < -0.3 is 29.0 Å². The molecular formula is C36H38N8O8. The molecule has 2 aliphatic heterocycles. The van der Waals surface area contributed by atoms with Gasteiger partial charge in [0.15, 0.2) is 5.78 Å². The molecule has 2 amide bonds. The van der Waals surface area contributed by atoms with Gasteiger partial charge in [-0.05, 0) is 57.9 Å². The number of hydrogen-bond acceptors (Lipinski definition) is 13. The summed E-state index contributed by atoms with van der Waals surface area (Å²) in [5.41, 5.74) is 2.74. The van der Waals surface area contributed by atoms with Crippen LogP contribution in [0.5, 0.6) is 5.75 Å². The monoisotopic (exact) mass is 710 g/mol. The fourth-order valence-corrected chi connectivity index (χ4v) is 6.81. The summed E-state index contributed by atoms with van der Waals surface area (Å²) >= 11 is 0. The van der Waals surface area contributed by atoms with Gasteiger partial charge in [0, 0.05) is 72.6 Å². The molecule has 0 bridgehead atoms. The number of aromatic nitrogens is 4. The van der Waals surface area contributed by atoms with Crippen molar-refractivity contribution < 1.29 is 34.3 Å². The first-order chi connectivity index (χ1) is 24.8. The first kappa shape index (κ1) is 34.7. The Morgan fingerprint density at radius 3 is 2.48 bits per heavy atom. The van der Waals surface area contributed by atoms with Gasteiger partial charge in [0.25, 0.3) is 11.5 Å². The minimum atomic E-state index is -1.72. The molecule has 3 N–H and O–H groups in total. The number of Topliss-reactive ketones (excluding diaryl/α,β-unsaturated/α-hetero) is 1. The minimum Gasteiger partial charge on any atom is -0.409 e. The van der Waals surface area contributed by atoms with Gasteiger partial charge in [0.1, 0.15) is 17.0 Å². The van der Waals surface area contributed by atoms with Crippen LogP contribution in [0, 0.1) is 0 Å². The fourth-order valence-electron chi connectivity index (χ4n) is 6.81. The number of carbonyl (C=O) groups is 3. The van der Waals surface area contributed by atoms with Crippen molar-refractivity contribution in [3.8, 4) is 17.1 Å². The van der Waals surface area contributed by atoms with Crippen LogP contribution in [-0.2, 0) is 28.2 Å². The lowest BCUT2D eigenvalue weighted by Gasteiger charge is -2.34. The number of ether oxygens (including phenoxy) is 1. The quantitative estimate of drug-likeness (QED) is 0.132. The van der Waals surface area contributed by atoms with Gasteiger partial charge >= 0.3 is 6.09 Å². The topological polar surface area (TPSA) is 202 Å². The molecule has 5 heterocycles. The van der Waals surface area contributed by atoms with E-state index < -0.39 is 23.2 Å². The number of oxime groups is 1. The smallest absolute Gasteiger partial charge is 0.409 e. The number of benzene rings is 1. The number of pyridine rings is 2. The van der Waals surface area contributed by atoms with E-state index in [1.54, 1.807) is 40.1 Å². The largest absolute Gasteiger partial charge is 0.415 e. The highest BCUT2D eigenvalue weighted by Crippen LogP contribution is 2.40. The van der Waals surface area contributed by atoms with Crippen LogP contribution in [0.25, 0.3) is 22.3 Å². The summed E-state index contributed by atoms with van der Waals surface area (Å²) in [6.07, 6.45) is 4.07. The molecule has 1 aliphatic carbocycles. The van der Waals surface area contributed by atoms with Gasteiger partial charge in [0.05, 0.1) is 35.2 Å². The van der Waals surface area contributed by atoms with Gasteiger partial charge in [-0.2, -0.15) is 0 Å². The number of anilines is 1. The van der Waals surface area contributed by atoms with Crippen LogP contribution in [0.3, 0.4) is 0 Å². The summed E-state index contributed by atoms with van der Waals surface area (Å²) in [6, 6.07) is 6.98. The molecule has 1 aromatic carbocycles. The number of rotatable bonds is 6. The maximum atomic E-state index is 13.7. The Bertz CT molecular complexity index is 2200. The molecular weight excluding hydrogens is 672 g/mol. The minimum absolute atomic E-state index is 0.104. The SMILES string of the molecule is CC[C@@]1(O)C(=O)CCc2c1cc1n(c2=O)Cc2cc3c(/C=N\OC(C)(C)C)c(OC(=O)N4CCN(c5ncc(C(=O)NO)cn5)CC4)ccc3nc2-1. The Balaban J connectivity index is 1.18. The van der Waals surface area contributed by atoms with Crippen LogP contribution < -0.4 is 20.7 Å². The van der Waals surface area contributed by atoms with Gasteiger partial charge in [-0.1, -0.05) is 12.1 Å². The van der Waals surface area contributed by atoms with Crippen molar-refractivity contribution in [1.29, 1.82) is 0 Å². The Morgan fingerprint density at radius 2 is 1.81 bits per heavy atom. The molecule has 1 atom stereocenters. The molecule has 3 aromatic heterocycles. The Morgan fingerprint density at radius 1 is 1.08 bits per heavy atom. The molecule has 270 valence electrons. The van der Waals surface area contributed by atoms with Crippen LogP contribution >= 0.6 is 0 Å².